The lowest BCUT2D eigenvalue weighted by molar-refractivity contribution is 0.360. The van der Waals surface area contributed by atoms with E-state index in [1.807, 2.05) is 54.1 Å². The van der Waals surface area contributed by atoms with Gasteiger partial charge in [-0.15, -0.1) is 0 Å². The van der Waals surface area contributed by atoms with E-state index in [0.29, 0.717) is 16.8 Å². The van der Waals surface area contributed by atoms with Crippen molar-refractivity contribution in [1.82, 2.24) is 19.4 Å². The minimum Gasteiger partial charge on any atom is -0.422 e. The van der Waals surface area contributed by atoms with Crippen LogP contribution in [0.25, 0.3) is 28.0 Å². The third-order valence-corrected chi connectivity index (χ3v) is 5.86. The number of imidazole rings is 1. The van der Waals surface area contributed by atoms with E-state index >= 15 is 0 Å². The predicted octanol–water partition coefficient (Wildman–Crippen LogP) is 3.49. The van der Waals surface area contributed by atoms with E-state index in [4.69, 9.17) is 4.42 Å². The molecular weight excluding hydrogens is 390 g/mol. The molecule has 1 aliphatic rings. The summed E-state index contributed by atoms with van der Waals surface area (Å²) in [4.78, 5) is 26.5. The van der Waals surface area contributed by atoms with E-state index in [1.54, 1.807) is 6.20 Å². The smallest absolute Gasteiger partial charge is 0.345 e. The Hall–Kier alpha value is -3.45. The summed E-state index contributed by atoms with van der Waals surface area (Å²) in [5.41, 5.74) is 2.34. The second-order valence-corrected chi connectivity index (χ2v) is 8.04. The maximum absolute atomic E-state index is 12.8. The van der Waals surface area contributed by atoms with Gasteiger partial charge in [-0.3, -0.25) is 4.57 Å². The van der Waals surface area contributed by atoms with E-state index in [0.717, 1.165) is 55.3 Å². The highest BCUT2D eigenvalue weighted by atomic mass is 16.4. The van der Waals surface area contributed by atoms with Crippen molar-refractivity contribution in [2.45, 2.75) is 13.3 Å². The summed E-state index contributed by atoms with van der Waals surface area (Å²) in [5, 5.41) is 0.885. The van der Waals surface area contributed by atoms with Crippen LogP contribution >= 0.6 is 0 Å². The molecule has 0 saturated carbocycles. The van der Waals surface area contributed by atoms with Gasteiger partial charge in [-0.25, -0.2) is 14.8 Å². The first-order chi connectivity index (χ1) is 15.1. The zero-order chi connectivity index (χ0) is 21.4. The van der Waals surface area contributed by atoms with Crippen molar-refractivity contribution in [2.75, 3.05) is 38.1 Å². The van der Waals surface area contributed by atoms with Crippen LogP contribution in [-0.4, -0.2) is 52.7 Å². The topological polar surface area (TPSA) is 67.4 Å². The first-order valence-corrected chi connectivity index (χ1v) is 10.6. The summed E-state index contributed by atoms with van der Waals surface area (Å²) in [7, 11) is 2.15. The minimum absolute atomic E-state index is 0.383. The molecule has 1 fully saturated rings. The molecule has 1 saturated heterocycles. The normalized spacial score (nSPS) is 15.4. The Labute approximate surface area is 180 Å². The molecule has 1 aromatic carbocycles. The SMILES string of the molecule is Cc1nc(-c2cc3ccc(N4CCCN(C)CC4)cc3oc2=O)cn1-c1ccccn1. The van der Waals surface area contributed by atoms with Crippen LogP contribution < -0.4 is 10.5 Å². The van der Waals surface area contributed by atoms with Crippen LogP contribution in [-0.2, 0) is 0 Å². The van der Waals surface area contributed by atoms with Crippen LogP contribution in [0.5, 0.6) is 0 Å². The summed E-state index contributed by atoms with van der Waals surface area (Å²) in [6, 6.07) is 13.7. The molecule has 0 unspecified atom stereocenters. The third-order valence-electron chi connectivity index (χ3n) is 5.86. The monoisotopic (exact) mass is 415 g/mol. The number of benzene rings is 1. The number of aromatic nitrogens is 3. The highest BCUT2D eigenvalue weighted by molar-refractivity contribution is 5.84. The van der Waals surface area contributed by atoms with E-state index in [9.17, 15) is 4.79 Å². The summed E-state index contributed by atoms with van der Waals surface area (Å²) in [5.74, 6) is 1.52. The van der Waals surface area contributed by atoms with Crippen molar-refractivity contribution in [1.29, 1.82) is 0 Å². The van der Waals surface area contributed by atoms with Crippen LogP contribution in [0.4, 0.5) is 5.69 Å². The molecule has 0 N–H and O–H groups in total. The molecule has 31 heavy (non-hydrogen) atoms. The van der Waals surface area contributed by atoms with Gasteiger partial charge in [-0.05, 0) is 57.3 Å². The summed E-state index contributed by atoms with van der Waals surface area (Å²) < 4.78 is 7.60. The molecule has 4 heterocycles. The Morgan fingerprint density at radius 3 is 2.77 bits per heavy atom. The fraction of sp³-hybridized carbons (Fsp3) is 0.292. The highest BCUT2D eigenvalue weighted by Gasteiger charge is 2.16. The lowest BCUT2D eigenvalue weighted by Crippen LogP contribution is -2.28. The molecule has 7 heteroatoms. The van der Waals surface area contributed by atoms with Gasteiger partial charge in [0, 0.05) is 49.2 Å². The molecule has 3 aromatic heterocycles. The van der Waals surface area contributed by atoms with Gasteiger partial charge in [0.25, 0.3) is 0 Å². The van der Waals surface area contributed by atoms with E-state index in [-0.39, 0.29) is 5.63 Å². The number of pyridine rings is 1. The molecule has 158 valence electrons. The van der Waals surface area contributed by atoms with E-state index in [2.05, 4.69) is 32.9 Å². The van der Waals surface area contributed by atoms with Gasteiger partial charge >= 0.3 is 5.63 Å². The molecule has 0 radical (unpaired) electrons. The lowest BCUT2D eigenvalue weighted by Gasteiger charge is -2.22. The maximum Gasteiger partial charge on any atom is 0.345 e. The highest BCUT2D eigenvalue weighted by Crippen LogP contribution is 2.26. The molecule has 0 amide bonds. The van der Waals surface area contributed by atoms with Gasteiger partial charge < -0.3 is 14.2 Å². The molecule has 7 nitrogen and oxygen atoms in total. The molecule has 4 aromatic rings. The second-order valence-electron chi connectivity index (χ2n) is 8.04. The van der Waals surface area contributed by atoms with Crippen molar-refractivity contribution in [2.24, 2.45) is 0 Å². The number of anilines is 1. The van der Waals surface area contributed by atoms with Gasteiger partial charge in [0.2, 0.25) is 0 Å². The number of aryl methyl sites for hydroxylation is 1. The number of likely N-dealkylation sites (N-methyl/N-ethyl adjacent to an activating group) is 1. The first kappa shape index (κ1) is 19.5. The van der Waals surface area contributed by atoms with Crippen molar-refractivity contribution < 1.29 is 4.42 Å². The van der Waals surface area contributed by atoms with Crippen LogP contribution in [0.1, 0.15) is 12.2 Å². The van der Waals surface area contributed by atoms with Crippen LogP contribution in [0.15, 0.2) is 64.1 Å². The van der Waals surface area contributed by atoms with Gasteiger partial charge in [-0.1, -0.05) is 6.07 Å². The number of fused-ring (bicyclic) bond motifs is 1. The van der Waals surface area contributed by atoms with Crippen molar-refractivity contribution in [3.05, 3.63) is 71.1 Å². The molecule has 5 rings (SSSR count). The third kappa shape index (κ3) is 3.84. The molecule has 1 aliphatic heterocycles. The fourth-order valence-corrected chi connectivity index (χ4v) is 4.11. The molecule has 0 spiro atoms. The molecular formula is C24H25N5O2. The van der Waals surface area contributed by atoms with Gasteiger partial charge in [-0.2, -0.15) is 0 Å². The molecule has 0 aliphatic carbocycles. The van der Waals surface area contributed by atoms with Gasteiger partial charge in [0.05, 0.1) is 11.3 Å². The maximum atomic E-state index is 12.8. The quantitative estimate of drug-likeness (QED) is 0.477. The summed E-state index contributed by atoms with van der Waals surface area (Å²) in [6.07, 6.45) is 4.69. The largest absolute Gasteiger partial charge is 0.422 e. The summed E-state index contributed by atoms with van der Waals surface area (Å²) in [6.45, 7) is 6.00. The Morgan fingerprint density at radius 2 is 1.94 bits per heavy atom. The van der Waals surface area contributed by atoms with Crippen molar-refractivity contribution in [3.63, 3.8) is 0 Å². The predicted molar refractivity (Wildman–Crippen MR) is 122 cm³/mol. The van der Waals surface area contributed by atoms with Crippen molar-refractivity contribution >= 4 is 16.7 Å². The van der Waals surface area contributed by atoms with Crippen molar-refractivity contribution in [3.8, 4) is 17.1 Å². The second kappa shape index (κ2) is 8.00. The van der Waals surface area contributed by atoms with Crippen LogP contribution in [0, 0.1) is 6.92 Å². The molecule has 0 bridgehead atoms. The zero-order valence-electron chi connectivity index (χ0n) is 17.8. The zero-order valence-corrected chi connectivity index (χ0v) is 17.8. The first-order valence-electron chi connectivity index (χ1n) is 10.6. The average Bonchev–Trinajstić information content (AvgIpc) is 3.03. The van der Waals surface area contributed by atoms with Gasteiger partial charge in [0.15, 0.2) is 0 Å². The van der Waals surface area contributed by atoms with Crippen LogP contribution in [0.2, 0.25) is 0 Å². The lowest BCUT2D eigenvalue weighted by atomic mass is 10.1. The Bertz CT molecular complexity index is 1280. The molecule has 0 atom stereocenters. The number of nitrogens with zero attached hydrogens (tertiary/aromatic N) is 5. The fourth-order valence-electron chi connectivity index (χ4n) is 4.11. The van der Waals surface area contributed by atoms with E-state index in [1.165, 1.54) is 0 Å². The number of hydrogen-bond acceptors (Lipinski definition) is 6. The summed E-state index contributed by atoms with van der Waals surface area (Å²) >= 11 is 0. The van der Waals surface area contributed by atoms with Gasteiger partial charge in [0.1, 0.15) is 17.2 Å². The standard InChI is InChI=1S/C24H25N5O2/c1-17-26-21(16-29(17)23-6-3-4-9-25-23)20-14-18-7-8-19(15-22(18)31-24(20)30)28-11-5-10-27(2)12-13-28/h3-4,6-9,14-16H,5,10-13H2,1-2H3. The number of hydrogen-bond donors (Lipinski definition) is 0. The van der Waals surface area contributed by atoms with Crippen LogP contribution in [0.3, 0.4) is 0 Å². The Balaban J connectivity index is 1.50. The number of rotatable bonds is 3. The Kier molecular flexibility index (Phi) is 5.03. The van der Waals surface area contributed by atoms with E-state index < -0.39 is 0 Å². The Morgan fingerprint density at radius 1 is 1.03 bits per heavy atom. The minimum atomic E-state index is -0.383. The average molecular weight is 415 g/mol.